The van der Waals surface area contributed by atoms with Gasteiger partial charge in [-0.05, 0) is 45.2 Å². The quantitative estimate of drug-likeness (QED) is 0.401. The van der Waals surface area contributed by atoms with Crippen LogP contribution in [0.5, 0.6) is 0 Å². The van der Waals surface area contributed by atoms with E-state index in [0.717, 1.165) is 32.0 Å². The summed E-state index contributed by atoms with van der Waals surface area (Å²) >= 11 is 0. The van der Waals surface area contributed by atoms with E-state index < -0.39 is 5.60 Å². The number of carbonyl (C=O) groups excluding carboxylic acids is 1. The molecule has 26 heavy (non-hydrogen) atoms. The van der Waals surface area contributed by atoms with Gasteiger partial charge in [0.2, 0.25) is 0 Å². The van der Waals surface area contributed by atoms with E-state index in [0.29, 0.717) is 0 Å². The monoisotopic (exact) mass is 474 g/mol. The second kappa shape index (κ2) is 9.99. The van der Waals surface area contributed by atoms with Crippen molar-refractivity contribution in [2.45, 2.75) is 52.3 Å². The number of nitrogens with zero attached hydrogens (tertiary/aromatic N) is 2. The van der Waals surface area contributed by atoms with Crippen LogP contribution in [0.1, 0.15) is 38.3 Å². The first-order valence-corrected chi connectivity index (χ1v) is 8.78. The van der Waals surface area contributed by atoms with Gasteiger partial charge in [0.1, 0.15) is 5.60 Å². The predicted molar refractivity (Wildman–Crippen MR) is 116 cm³/mol. The van der Waals surface area contributed by atoms with Gasteiger partial charge >= 0.3 is 6.09 Å². The minimum absolute atomic E-state index is 0. The van der Waals surface area contributed by atoms with E-state index in [-0.39, 0.29) is 36.1 Å². The molecule has 2 N–H and O–H groups in total. The van der Waals surface area contributed by atoms with Crippen molar-refractivity contribution < 1.29 is 9.53 Å². The van der Waals surface area contributed by atoms with Gasteiger partial charge in [0.25, 0.3) is 0 Å². The van der Waals surface area contributed by atoms with Crippen LogP contribution in [0.3, 0.4) is 0 Å². The Labute approximate surface area is 173 Å². The number of rotatable bonds is 3. The summed E-state index contributed by atoms with van der Waals surface area (Å²) in [5.41, 5.74) is 2.04. The number of alkyl carbamates (subject to hydrolysis) is 1. The second-order valence-electron chi connectivity index (χ2n) is 7.41. The minimum atomic E-state index is -0.479. The Morgan fingerprint density at radius 2 is 2.04 bits per heavy atom. The van der Waals surface area contributed by atoms with Crippen LogP contribution in [0.25, 0.3) is 0 Å². The molecule has 1 unspecified atom stereocenters. The summed E-state index contributed by atoms with van der Waals surface area (Å²) in [5, 5.41) is 6.35. The van der Waals surface area contributed by atoms with Crippen molar-refractivity contribution in [3.8, 4) is 0 Å². The van der Waals surface area contributed by atoms with E-state index in [1.165, 1.54) is 11.1 Å². The van der Waals surface area contributed by atoms with E-state index in [1.807, 2.05) is 32.9 Å². The number of aryl methyl sites for hydroxylation is 1. The van der Waals surface area contributed by atoms with Crippen molar-refractivity contribution in [2.24, 2.45) is 4.99 Å². The molecule has 1 heterocycles. The number of nitrogens with one attached hydrogen (secondary N) is 2. The third-order valence-electron chi connectivity index (χ3n) is 4.12. The van der Waals surface area contributed by atoms with Crippen LogP contribution in [0.15, 0.2) is 29.3 Å². The van der Waals surface area contributed by atoms with Crippen LogP contribution in [-0.2, 0) is 11.3 Å². The van der Waals surface area contributed by atoms with Gasteiger partial charge in [0.15, 0.2) is 5.96 Å². The van der Waals surface area contributed by atoms with Crippen molar-refractivity contribution in [2.75, 3.05) is 20.1 Å². The van der Waals surface area contributed by atoms with Gasteiger partial charge in [-0.1, -0.05) is 24.3 Å². The van der Waals surface area contributed by atoms with E-state index in [2.05, 4.69) is 39.6 Å². The summed E-state index contributed by atoms with van der Waals surface area (Å²) in [6, 6.07) is 8.39. The molecule has 1 aliphatic heterocycles. The van der Waals surface area contributed by atoms with Crippen LogP contribution >= 0.6 is 24.0 Å². The first-order valence-electron chi connectivity index (χ1n) is 8.78. The molecule has 146 valence electrons. The molecule has 0 radical (unpaired) electrons. The van der Waals surface area contributed by atoms with Gasteiger partial charge < -0.3 is 20.3 Å². The normalized spacial score (nSPS) is 17.5. The molecule has 2 rings (SSSR count). The largest absolute Gasteiger partial charge is 0.444 e. The van der Waals surface area contributed by atoms with Crippen molar-refractivity contribution in [3.63, 3.8) is 0 Å². The number of ether oxygens (including phenoxy) is 1. The highest BCUT2D eigenvalue weighted by Gasteiger charge is 2.27. The summed E-state index contributed by atoms with van der Waals surface area (Å²) in [6.45, 7) is 10.0. The smallest absolute Gasteiger partial charge is 0.407 e. The lowest BCUT2D eigenvalue weighted by molar-refractivity contribution is 0.0507. The summed E-state index contributed by atoms with van der Waals surface area (Å²) < 4.78 is 5.33. The average Bonchev–Trinajstić information content (AvgIpc) is 2.96. The molecule has 1 aliphatic rings. The van der Waals surface area contributed by atoms with Gasteiger partial charge in [0.05, 0.1) is 6.04 Å². The Morgan fingerprint density at radius 3 is 2.65 bits per heavy atom. The number of hydrogen-bond acceptors (Lipinski definition) is 3. The van der Waals surface area contributed by atoms with Gasteiger partial charge in [-0.25, -0.2) is 4.79 Å². The molecule has 7 heteroatoms. The maximum atomic E-state index is 11.9. The topological polar surface area (TPSA) is 66.0 Å². The SMILES string of the molecule is CN=C(NCc1ccccc1C)N1CCC(NC(=O)OC(C)(C)C)C1.I. The molecule has 1 saturated heterocycles. The van der Waals surface area contributed by atoms with Crippen molar-refractivity contribution in [3.05, 3.63) is 35.4 Å². The molecular formula is C19H31IN4O2. The second-order valence-corrected chi connectivity index (χ2v) is 7.41. The summed E-state index contributed by atoms with van der Waals surface area (Å²) in [6.07, 6.45) is 0.520. The highest BCUT2D eigenvalue weighted by Crippen LogP contribution is 2.13. The number of likely N-dealkylation sites (tertiary alicyclic amines) is 1. The van der Waals surface area contributed by atoms with Crippen molar-refractivity contribution >= 4 is 36.0 Å². The maximum absolute atomic E-state index is 11.9. The zero-order chi connectivity index (χ0) is 18.4. The number of guanidine groups is 1. The molecule has 0 aromatic heterocycles. The molecule has 1 amide bonds. The summed E-state index contributed by atoms with van der Waals surface area (Å²) in [5.74, 6) is 0.858. The number of hydrogen-bond donors (Lipinski definition) is 2. The molecule has 0 saturated carbocycles. The van der Waals surface area contributed by atoms with Crippen LogP contribution in [0.2, 0.25) is 0 Å². The standard InChI is InChI=1S/C19H30N4O2.HI/c1-14-8-6-7-9-15(14)12-21-17(20-5)23-11-10-16(13-23)22-18(24)25-19(2,3)4;/h6-9,16H,10-13H2,1-5H3,(H,20,21)(H,22,24);1H. The van der Waals surface area contributed by atoms with Gasteiger partial charge in [-0.2, -0.15) is 0 Å². The highest BCUT2D eigenvalue weighted by atomic mass is 127. The fourth-order valence-corrected chi connectivity index (χ4v) is 2.86. The average molecular weight is 474 g/mol. The maximum Gasteiger partial charge on any atom is 0.407 e. The molecular weight excluding hydrogens is 443 g/mol. The lowest BCUT2D eigenvalue weighted by Gasteiger charge is -2.23. The first kappa shape index (κ1) is 22.5. The predicted octanol–water partition coefficient (Wildman–Crippen LogP) is 3.29. The van der Waals surface area contributed by atoms with Gasteiger partial charge in [-0.3, -0.25) is 4.99 Å². The van der Waals surface area contributed by atoms with E-state index in [9.17, 15) is 4.79 Å². The highest BCUT2D eigenvalue weighted by molar-refractivity contribution is 14.0. The molecule has 1 aromatic rings. The number of carbonyl (C=O) groups is 1. The molecule has 0 spiro atoms. The fourth-order valence-electron chi connectivity index (χ4n) is 2.86. The van der Waals surface area contributed by atoms with Crippen LogP contribution in [0, 0.1) is 6.92 Å². The lowest BCUT2D eigenvalue weighted by atomic mass is 10.1. The van der Waals surface area contributed by atoms with E-state index in [1.54, 1.807) is 7.05 Å². The molecule has 1 atom stereocenters. The third kappa shape index (κ3) is 7.01. The lowest BCUT2D eigenvalue weighted by Crippen LogP contribution is -2.44. The van der Waals surface area contributed by atoms with Crippen LogP contribution in [0.4, 0.5) is 4.79 Å². The minimum Gasteiger partial charge on any atom is -0.444 e. The third-order valence-corrected chi connectivity index (χ3v) is 4.12. The Kier molecular flexibility index (Phi) is 8.66. The molecule has 1 fully saturated rings. The fraction of sp³-hybridized carbons (Fsp3) is 0.579. The number of aliphatic imine (C=N–C) groups is 1. The first-order chi connectivity index (χ1) is 11.8. The molecule has 6 nitrogen and oxygen atoms in total. The summed E-state index contributed by atoms with van der Waals surface area (Å²) in [7, 11) is 1.79. The van der Waals surface area contributed by atoms with Gasteiger partial charge in [-0.15, -0.1) is 24.0 Å². The Bertz CT molecular complexity index is 628. The molecule has 0 aliphatic carbocycles. The summed E-state index contributed by atoms with van der Waals surface area (Å²) in [4.78, 5) is 18.5. The van der Waals surface area contributed by atoms with Crippen molar-refractivity contribution in [1.82, 2.24) is 15.5 Å². The van der Waals surface area contributed by atoms with Crippen molar-refractivity contribution in [1.29, 1.82) is 0 Å². The molecule has 0 bridgehead atoms. The zero-order valence-electron chi connectivity index (χ0n) is 16.3. The Balaban J connectivity index is 0.00000338. The Hall–Kier alpha value is -1.51. The number of benzene rings is 1. The van der Waals surface area contributed by atoms with E-state index >= 15 is 0 Å². The number of halogens is 1. The van der Waals surface area contributed by atoms with Crippen LogP contribution < -0.4 is 10.6 Å². The number of amides is 1. The Morgan fingerprint density at radius 1 is 1.35 bits per heavy atom. The van der Waals surface area contributed by atoms with Gasteiger partial charge in [0, 0.05) is 26.7 Å². The van der Waals surface area contributed by atoms with E-state index in [4.69, 9.17) is 4.74 Å². The zero-order valence-corrected chi connectivity index (χ0v) is 18.7. The molecule has 1 aromatic carbocycles. The van der Waals surface area contributed by atoms with Crippen LogP contribution in [-0.4, -0.2) is 48.7 Å².